The average Bonchev–Trinajstić information content (AvgIpc) is 1.88. The van der Waals surface area contributed by atoms with E-state index in [1.165, 1.54) is 0 Å². The van der Waals surface area contributed by atoms with Crippen molar-refractivity contribution < 1.29 is 9.90 Å². The van der Waals surface area contributed by atoms with Crippen LogP contribution in [0.3, 0.4) is 0 Å². The molecular weight excluding hydrogens is 154 g/mol. The molecule has 1 rings (SSSR count). The van der Waals surface area contributed by atoms with E-state index in [9.17, 15) is 4.79 Å². The maximum Gasteiger partial charge on any atom is 0.340 e. The molecule has 5 nitrogen and oxygen atoms in total. The van der Waals surface area contributed by atoms with Crippen molar-refractivity contribution in [2.45, 2.75) is 5.03 Å². The molecule has 10 heavy (non-hydrogen) atoms. The molecule has 0 aliphatic rings. The lowest BCUT2D eigenvalue weighted by Gasteiger charge is -1.92. The fraction of sp³-hybridized carbons (Fsp3) is 0. The minimum Gasteiger partial charge on any atom is -0.478 e. The van der Waals surface area contributed by atoms with E-state index in [-0.39, 0.29) is 10.6 Å². The Bertz CT molecular complexity index is 264. The van der Waals surface area contributed by atoms with Gasteiger partial charge in [-0.05, 0) is 5.21 Å². The van der Waals surface area contributed by atoms with Crippen LogP contribution in [0.15, 0.2) is 11.2 Å². The van der Waals surface area contributed by atoms with Gasteiger partial charge in [-0.15, -0.1) is 22.8 Å². The largest absolute Gasteiger partial charge is 0.478 e. The lowest BCUT2D eigenvalue weighted by molar-refractivity contribution is 0.0691. The molecule has 0 amide bonds. The van der Waals surface area contributed by atoms with Crippen molar-refractivity contribution in [3.63, 3.8) is 0 Å². The number of carbonyl (C=O) groups is 1. The summed E-state index contributed by atoms with van der Waals surface area (Å²) in [4.78, 5) is 10.3. The highest BCUT2D eigenvalue weighted by atomic mass is 32.1. The quantitative estimate of drug-likeness (QED) is 0.555. The molecule has 0 aliphatic heterocycles. The van der Waals surface area contributed by atoms with E-state index < -0.39 is 5.97 Å². The Morgan fingerprint density at radius 3 is 2.80 bits per heavy atom. The summed E-state index contributed by atoms with van der Waals surface area (Å²) in [6.45, 7) is 0. The maximum absolute atomic E-state index is 10.3. The van der Waals surface area contributed by atoms with Crippen LogP contribution in [0.4, 0.5) is 0 Å². The zero-order valence-electron chi connectivity index (χ0n) is 4.72. The van der Waals surface area contributed by atoms with E-state index >= 15 is 0 Å². The van der Waals surface area contributed by atoms with Gasteiger partial charge in [-0.1, -0.05) is 0 Å². The summed E-state index contributed by atoms with van der Waals surface area (Å²) in [5, 5.41) is 18.3. The van der Waals surface area contributed by atoms with Crippen LogP contribution in [0.5, 0.6) is 0 Å². The summed E-state index contributed by atoms with van der Waals surface area (Å²) in [5.41, 5.74) is -0.0432. The van der Waals surface area contributed by atoms with Crippen LogP contribution < -0.4 is 0 Å². The van der Waals surface area contributed by atoms with Gasteiger partial charge < -0.3 is 5.11 Å². The number of thiol groups is 1. The average molecular weight is 157 g/mol. The molecule has 0 saturated carbocycles. The first-order valence-corrected chi connectivity index (χ1v) is 2.77. The number of carboxylic acids is 1. The van der Waals surface area contributed by atoms with Gasteiger partial charge in [0.25, 0.3) is 0 Å². The number of hydrogen-bond donors (Lipinski definition) is 2. The van der Waals surface area contributed by atoms with Crippen LogP contribution in [0.2, 0.25) is 0 Å². The summed E-state index contributed by atoms with van der Waals surface area (Å²) in [7, 11) is 0. The van der Waals surface area contributed by atoms with Gasteiger partial charge in [0.05, 0.1) is 6.20 Å². The van der Waals surface area contributed by atoms with Crippen LogP contribution in [-0.4, -0.2) is 26.5 Å². The van der Waals surface area contributed by atoms with Gasteiger partial charge in [0.2, 0.25) is 0 Å². The minimum atomic E-state index is -1.10. The van der Waals surface area contributed by atoms with Gasteiger partial charge in [0.1, 0.15) is 10.6 Å². The Labute approximate surface area is 61.5 Å². The molecule has 0 atom stereocenters. The zero-order chi connectivity index (χ0) is 7.56. The molecule has 0 aliphatic carbocycles. The van der Waals surface area contributed by atoms with Crippen LogP contribution in [-0.2, 0) is 0 Å². The molecule has 0 radical (unpaired) electrons. The van der Waals surface area contributed by atoms with Gasteiger partial charge in [0.15, 0.2) is 0 Å². The second-order valence-electron chi connectivity index (χ2n) is 1.48. The SMILES string of the molecule is O=C(O)c1cnnnc1S. The number of aromatic nitrogens is 3. The first kappa shape index (κ1) is 6.94. The number of aromatic carboxylic acids is 1. The monoisotopic (exact) mass is 157 g/mol. The van der Waals surface area contributed by atoms with E-state index in [1.54, 1.807) is 0 Å². The van der Waals surface area contributed by atoms with Crippen LogP contribution in [0, 0.1) is 0 Å². The second kappa shape index (κ2) is 2.61. The summed E-state index contributed by atoms with van der Waals surface area (Å²) in [5.74, 6) is -1.10. The Balaban J connectivity index is 3.15. The lowest BCUT2D eigenvalue weighted by Crippen LogP contribution is -2.01. The van der Waals surface area contributed by atoms with E-state index in [1.807, 2.05) is 0 Å². The Kier molecular flexibility index (Phi) is 1.81. The van der Waals surface area contributed by atoms with Gasteiger partial charge in [0, 0.05) is 0 Å². The third-order valence-electron chi connectivity index (χ3n) is 0.849. The van der Waals surface area contributed by atoms with Crippen LogP contribution in [0.25, 0.3) is 0 Å². The van der Waals surface area contributed by atoms with Gasteiger partial charge in [-0.25, -0.2) is 4.79 Å². The number of nitrogens with zero attached hydrogens (tertiary/aromatic N) is 3. The Hall–Kier alpha value is -1.17. The molecule has 6 heteroatoms. The first-order chi connectivity index (χ1) is 4.72. The molecule has 1 aromatic heterocycles. The molecule has 1 N–H and O–H groups in total. The lowest BCUT2D eigenvalue weighted by atomic mass is 10.4. The van der Waals surface area contributed by atoms with E-state index in [0.29, 0.717) is 0 Å². The summed E-state index contributed by atoms with van der Waals surface area (Å²) < 4.78 is 0. The van der Waals surface area contributed by atoms with Crippen LogP contribution in [0.1, 0.15) is 10.4 Å². The van der Waals surface area contributed by atoms with Crippen molar-refractivity contribution in [2.75, 3.05) is 0 Å². The highest BCUT2D eigenvalue weighted by molar-refractivity contribution is 7.80. The van der Waals surface area contributed by atoms with Crippen molar-refractivity contribution in [1.29, 1.82) is 0 Å². The molecule has 0 spiro atoms. The van der Waals surface area contributed by atoms with Crippen molar-refractivity contribution >= 4 is 18.6 Å². The van der Waals surface area contributed by atoms with Crippen molar-refractivity contribution in [3.8, 4) is 0 Å². The second-order valence-corrected chi connectivity index (χ2v) is 1.90. The highest BCUT2D eigenvalue weighted by Crippen LogP contribution is 2.05. The predicted molar refractivity (Wildman–Crippen MR) is 34.0 cm³/mol. The van der Waals surface area contributed by atoms with Crippen molar-refractivity contribution in [2.24, 2.45) is 0 Å². The van der Waals surface area contributed by atoms with Gasteiger partial charge in [-0.2, -0.15) is 0 Å². The molecule has 0 fully saturated rings. The Morgan fingerprint density at radius 1 is 1.70 bits per heavy atom. The third-order valence-corrected chi connectivity index (χ3v) is 1.18. The van der Waals surface area contributed by atoms with Crippen molar-refractivity contribution in [1.82, 2.24) is 15.4 Å². The first-order valence-electron chi connectivity index (χ1n) is 2.32. The summed E-state index contributed by atoms with van der Waals surface area (Å²) in [6.07, 6.45) is 1.09. The highest BCUT2D eigenvalue weighted by Gasteiger charge is 2.07. The molecule has 52 valence electrons. The van der Waals surface area contributed by atoms with Crippen molar-refractivity contribution in [3.05, 3.63) is 11.8 Å². The standard InChI is InChI=1S/C4H3N3O2S/c8-4(9)2-1-5-7-6-3(2)10/h1H,(H,8,9)(H,5,6,10). The normalized spacial score (nSPS) is 9.30. The predicted octanol–water partition coefficient (Wildman–Crippen LogP) is -0.142. The molecular formula is C4H3N3O2S. The maximum atomic E-state index is 10.3. The molecule has 1 heterocycles. The fourth-order valence-electron chi connectivity index (χ4n) is 0.414. The third kappa shape index (κ3) is 1.21. The number of rotatable bonds is 1. The summed E-state index contributed by atoms with van der Waals surface area (Å²) >= 11 is 3.74. The molecule has 0 bridgehead atoms. The molecule has 0 unspecified atom stereocenters. The molecule has 0 saturated heterocycles. The number of carboxylic acid groups (broad SMARTS) is 1. The molecule has 1 aromatic rings. The minimum absolute atomic E-state index is 0.0432. The van der Waals surface area contributed by atoms with E-state index in [2.05, 4.69) is 28.0 Å². The smallest absolute Gasteiger partial charge is 0.340 e. The number of hydrogen-bond acceptors (Lipinski definition) is 5. The van der Waals surface area contributed by atoms with E-state index in [4.69, 9.17) is 5.11 Å². The van der Waals surface area contributed by atoms with Gasteiger partial charge in [-0.3, -0.25) is 0 Å². The van der Waals surface area contributed by atoms with E-state index in [0.717, 1.165) is 6.20 Å². The zero-order valence-corrected chi connectivity index (χ0v) is 5.62. The summed E-state index contributed by atoms with van der Waals surface area (Å²) in [6, 6.07) is 0. The fourth-order valence-corrected chi connectivity index (χ4v) is 0.608. The van der Waals surface area contributed by atoms with Gasteiger partial charge >= 0.3 is 5.97 Å². The molecule has 0 aromatic carbocycles. The Morgan fingerprint density at radius 2 is 2.40 bits per heavy atom. The topological polar surface area (TPSA) is 76.0 Å². The van der Waals surface area contributed by atoms with Crippen LogP contribution >= 0.6 is 12.6 Å².